The summed E-state index contributed by atoms with van der Waals surface area (Å²) >= 11 is 0. The van der Waals surface area contributed by atoms with Crippen molar-refractivity contribution in [3.8, 4) is 11.6 Å². The zero-order valence-corrected chi connectivity index (χ0v) is 17.9. The van der Waals surface area contributed by atoms with E-state index < -0.39 is 5.82 Å². The van der Waals surface area contributed by atoms with Gasteiger partial charge < -0.3 is 31.1 Å². The van der Waals surface area contributed by atoms with Gasteiger partial charge in [-0.3, -0.25) is 0 Å². The summed E-state index contributed by atoms with van der Waals surface area (Å²) in [6.07, 6.45) is 2.54. The minimum Gasteiger partial charge on any atom is -0.486 e. The summed E-state index contributed by atoms with van der Waals surface area (Å²) in [5.74, 6) is 0.491. The van der Waals surface area contributed by atoms with E-state index in [0.29, 0.717) is 22.8 Å². The molecule has 0 spiro atoms. The Morgan fingerprint density at radius 3 is 2.47 bits per heavy atom. The van der Waals surface area contributed by atoms with E-state index in [1.807, 2.05) is 6.79 Å². The monoisotopic (exact) mass is 450 g/mol. The molecule has 0 saturated carbocycles. The molecule has 0 aliphatic rings. The molecular weight excluding hydrogens is 422 g/mol. The third-order valence-corrected chi connectivity index (χ3v) is 3.80. The molecule has 3 aromatic rings. The van der Waals surface area contributed by atoms with Crippen LogP contribution in [-0.4, -0.2) is 34.6 Å². The number of nitrogen functional groups attached to an aromatic ring is 2. The first-order valence-corrected chi connectivity index (χ1v) is 9.01. The average molecular weight is 450 g/mol. The second kappa shape index (κ2) is 12.5. The molecule has 9 nitrogen and oxygen atoms in total. The number of nitrogens with zero attached hydrogens (tertiary/aromatic N) is 3. The molecular formula is C21H28F2N6O3. The molecule has 5 N–H and O–H groups in total. The van der Waals surface area contributed by atoms with E-state index in [9.17, 15) is 8.78 Å². The largest absolute Gasteiger partial charge is 0.486 e. The van der Waals surface area contributed by atoms with Crippen LogP contribution >= 0.6 is 0 Å². The fraction of sp³-hybridized carbons (Fsp3) is 0.190. The molecule has 0 unspecified atom stereocenters. The lowest BCUT2D eigenvalue weighted by Gasteiger charge is -2.09. The number of aromatic nitrogens is 3. The van der Waals surface area contributed by atoms with Gasteiger partial charge in [-0.25, -0.2) is 23.7 Å². The highest BCUT2D eigenvalue weighted by Crippen LogP contribution is 2.19. The van der Waals surface area contributed by atoms with Gasteiger partial charge >= 0.3 is 0 Å². The van der Waals surface area contributed by atoms with Crippen LogP contribution in [0.5, 0.6) is 11.6 Å². The zero-order chi connectivity index (χ0) is 24.3. The lowest BCUT2D eigenvalue weighted by atomic mass is 10.2. The molecule has 0 radical (unpaired) electrons. The Hall–Kier alpha value is -4.15. The normalized spacial score (nSPS) is 9.53. The Bertz CT molecular complexity index is 1080. The Balaban J connectivity index is 0. The van der Waals surface area contributed by atoms with Crippen molar-refractivity contribution in [1.29, 1.82) is 5.41 Å². The van der Waals surface area contributed by atoms with Gasteiger partial charge in [-0.15, -0.1) is 0 Å². The average Bonchev–Trinajstić information content (AvgIpc) is 2.77. The molecule has 174 valence electrons. The number of rotatable bonds is 5. The molecule has 3 heterocycles. The highest BCUT2D eigenvalue weighted by Gasteiger charge is 2.08. The first-order chi connectivity index (χ1) is 15.2. The van der Waals surface area contributed by atoms with E-state index in [1.54, 1.807) is 19.9 Å². The fourth-order valence-electron chi connectivity index (χ4n) is 2.33. The van der Waals surface area contributed by atoms with Crippen LogP contribution in [-0.2, 0) is 11.4 Å². The first-order valence-electron chi connectivity index (χ1n) is 9.01. The minimum absolute atomic E-state index is 0. The quantitative estimate of drug-likeness (QED) is 0.499. The van der Waals surface area contributed by atoms with Crippen LogP contribution in [0.15, 0.2) is 36.7 Å². The highest BCUT2D eigenvalue weighted by atomic mass is 19.1. The molecule has 32 heavy (non-hydrogen) atoms. The number of nitrogens with one attached hydrogen (secondary N) is 1. The maximum Gasteiger partial charge on any atom is 0.216 e. The van der Waals surface area contributed by atoms with Crippen molar-refractivity contribution in [1.82, 2.24) is 15.0 Å². The van der Waals surface area contributed by atoms with Crippen molar-refractivity contribution in [2.24, 2.45) is 0 Å². The van der Waals surface area contributed by atoms with Gasteiger partial charge in [0.2, 0.25) is 5.88 Å². The molecule has 0 saturated heterocycles. The molecule has 0 aromatic carbocycles. The number of aryl methyl sites for hydroxylation is 1. The van der Waals surface area contributed by atoms with Gasteiger partial charge in [0.05, 0.1) is 19.5 Å². The van der Waals surface area contributed by atoms with Crippen molar-refractivity contribution in [3.63, 3.8) is 0 Å². The number of carbonyl (C=O) groups excluding carboxylic acids is 1. The van der Waals surface area contributed by atoms with Gasteiger partial charge in [0.15, 0.2) is 0 Å². The lowest BCUT2D eigenvalue weighted by molar-refractivity contribution is -0.0980. The van der Waals surface area contributed by atoms with Crippen molar-refractivity contribution in [2.75, 3.05) is 18.6 Å². The van der Waals surface area contributed by atoms with Crippen LogP contribution in [0.4, 0.5) is 20.4 Å². The van der Waals surface area contributed by atoms with Crippen LogP contribution < -0.4 is 20.9 Å². The summed E-state index contributed by atoms with van der Waals surface area (Å²) in [5, 5.41) is 7.57. The summed E-state index contributed by atoms with van der Waals surface area (Å²) < 4.78 is 36.1. The highest BCUT2D eigenvalue weighted by molar-refractivity contribution is 6.00. The van der Waals surface area contributed by atoms with Crippen LogP contribution in [0.2, 0.25) is 0 Å². The SMILES string of the molecule is C=O.CC(=N)c1cc(OCc2nc(N)ccc2F)cnc1N.COc1ncc(F)cc1C.[HH].[HH]. The predicted octanol–water partition coefficient (Wildman–Crippen LogP) is 3.59. The van der Waals surface area contributed by atoms with Crippen LogP contribution in [0.1, 0.15) is 26.6 Å². The lowest BCUT2D eigenvalue weighted by Crippen LogP contribution is -2.06. The summed E-state index contributed by atoms with van der Waals surface area (Å²) in [4.78, 5) is 19.5. The van der Waals surface area contributed by atoms with E-state index in [0.717, 1.165) is 6.20 Å². The van der Waals surface area contributed by atoms with E-state index in [-0.39, 0.29) is 38.3 Å². The van der Waals surface area contributed by atoms with Gasteiger partial charge in [-0.2, -0.15) is 0 Å². The third-order valence-electron chi connectivity index (χ3n) is 3.80. The molecule has 11 heteroatoms. The van der Waals surface area contributed by atoms with Crippen LogP contribution in [0.25, 0.3) is 0 Å². The van der Waals surface area contributed by atoms with Crippen LogP contribution in [0, 0.1) is 24.0 Å². The second-order valence-electron chi connectivity index (χ2n) is 6.16. The standard InChI is InChI=1S/C13H14FN5O.C7H8FNO.CH2O.2H2/c1-7(15)9-4-8(5-18-13(9)17)20-6-11-10(14)2-3-12(16)19-11;1-5-3-6(8)4-9-7(5)10-2;1-2;;/h2-5,15H,6H2,1H3,(H2,16,19)(H2,17,18);3-4H,1-2H3;1H2;2*1H. The fourth-order valence-corrected chi connectivity index (χ4v) is 2.33. The first kappa shape index (κ1) is 25.9. The van der Waals surface area contributed by atoms with E-state index >= 15 is 0 Å². The molecule has 0 fully saturated rings. The number of pyridine rings is 3. The Morgan fingerprint density at radius 1 is 1.19 bits per heavy atom. The number of ether oxygens (including phenoxy) is 2. The van der Waals surface area contributed by atoms with Crippen molar-refractivity contribution >= 4 is 24.1 Å². The zero-order valence-electron chi connectivity index (χ0n) is 17.9. The summed E-state index contributed by atoms with van der Waals surface area (Å²) in [7, 11) is 1.51. The summed E-state index contributed by atoms with van der Waals surface area (Å²) in [6.45, 7) is 5.25. The van der Waals surface area contributed by atoms with Gasteiger partial charge in [-0.1, -0.05) is 0 Å². The number of hydrogen-bond donors (Lipinski definition) is 3. The van der Waals surface area contributed by atoms with Crippen LogP contribution in [0.3, 0.4) is 0 Å². The number of carbonyl (C=O) groups is 1. The smallest absolute Gasteiger partial charge is 0.216 e. The Labute approximate surface area is 186 Å². The van der Waals surface area contributed by atoms with Gasteiger partial charge in [-0.05, 0) is 38.1 Å². The Kier molecular flexibility index (Phi) is 10.1. The number of halogens is 2. The number of anilines is 2. The maximum atomic E-state index is 13.5. The molecule has 0 bridgehead atoms. The maximum absolute atomic E-state index is 13.5. The van der Waals surface area contributed by atoms with Crippen molar-refractivity contribution < 1.29 is 25.9 Å². The van der Waals surface area contributed by atoms with Gasteiger partial charge in [0.1, 0.15) is 48.1 Å². The summed E-state index contributed by atoms with van der Waals surface area (Å²) in [6, 6.07) is 5.57. The predicted molar refractivity (Wildman–Crippen MR) is 121 cm³/mol. The van der Waals surface area contributed by atoms with E-state index in [4.69, 9.17) is 31.1 Å². The molecule has 0 aliphatic heterocycles. The van der Waals surface area contributed by atoms with Crippen molar-refractivity contribution in [2.45, 2.75) is 20.5 Å². The van der Waals surface area contributed by atoms with Gasteiger partial charge in [0, 0.05) is 19.7 Å². The Morgan fingerprint density at radius 2 is 1.88 bits per heavy atom. The summed E-state index contributed by atoms with van der Waals surface area (Å²) in [5.41, 5.74) is 12.7. The molecule has 0 atom stereocenters. The van der Waals surface area contributed by atoms with Gasteiger partial charge in [0.25, 0.3) is 0 Å². The van der Waals surface area contributed by atoms with E-state index in [2.05, 4.69) is 15.0 Å². The van der Waals surface area contributed by atoms with E-state index in [1.165, 1.54) is 31.5 Å². The van der Waals surface area contributed by atoms with Crippen molar-refractivity contribution in [3.05, 3.63) is 65.1 Å². The number of hydrogen-bond acceptors (Lipinski definition) is 9. The number of methoxy groups -OCH3 is 1. The molecule has 3 aromatic heterocycles. The molecule has 0 aliphatic carbocycles. The molecule has 3 rings (SSSR count). The third kappa shape index (κ3) is 7.59. The topological polar surface area (TPSA) is 150 Å². The minimum atomic E-state index is -0.494. The number of nitrogens with two attached hydrogens (primary N) is 2. The molecule has 0 amide bonds. The second-order valence-corrected chi connectivity index (χ2v) is 6.16.